The molecule has 1 atom stereocenters. The second-order valence-corrected chi connectivity index (χ2v) is 7.72. The Bertz CT molecular complexity index is 337. The van der Waals surface area contributed by atoms with Crippen LogP contribution in [-0.2, 0) is 4.79 Å². The standard InChI is InChI=1S/C17H33N3O/c1-17(2)13-20(10-8-15(17)18)11-9-16(21)19-12-14-6-4-3-5-7-14/h14-15H,3-13,18H2,1-2H3,(H,19,21). The molecule has 2 aliphatic rings. The van der Waals surface area contributed by atoms with Gasteiger partial charge in [0.25, 0.3) is 0 Å². The van der Waals surface area contributed by atoms with Crippen LogP contribution in [0.2, 0.25) is 0 Å². The molecule has 0 aromatic rings. The minimum absolute atomic E-state index is 0.164. The summed E-state index contributed by atoms with van der Waals surface area (Å²) in [5.74, 6) is 0.933. The average molecular weight is 295 g/mol. The molecule has 1 saturated heterocycles. The molecule has 0 radical (unpaired) electrons. The van der Waals surface area contributed by atoms with Gasteiger partial charge in [-0.1, -0.05) is 33.1 Å². The molecule has 21 heavy (non-hydrogen) atoms. The first-order valence-corrected chi connectivity index (χ1v) is 8.72. The zero-order chi connectivity index (χ0) is 15.3. The number of nitrogens with one attached hydrogen (secondary N) is 1. The highest BCUT2D eigenvalue weighted by atomic mass is 16.1. The minimum Gasteiger partial charge on any atom is -0.356 e. The number of nitrogens with zero attached hydrogens (tertiary/aromatic N) is 1. The third-order valence-corrected chi connectivity index (χ3v) is 5.36. The van der Waals surface area contributed by atoms with E-state index >= 15 is 0 Å². The summed E-state index contributed by atoms with van der Waals surface area (Å²) < 4.78 is 0. The summed E-state index contributed by atoms with van der Waals surface area (Å²) in [5.41, 5.74) is 6.32. The Hall–Kier alpha value is -0.610. The van der Waals surface area contributed by atoms with Crippen molar-refractivity contribution in [3.05, 3.63) is 0 Å². The second kappa shape index (κ2) is 7.59. The molecule has 1 heterocycles. The molecule has 2 rings (SSSR count). The molecule has 0 aromatic carbocycles. The van der Waals surface area contributed by atoms with Gasteiger partial charge in [-0.15, -0.1) is 0 Å². The van der Waals surface area contributed by atoms with Gasteiger partial charge in [0.2, 0.25) is 5.91 Å². The van der Waals surface area contributed by atoms with Gasteiger partial charge in [0, 0.05) is 32.1 Å². The van der Waals surface area contributed by atoms with E-state index in [0.717, 1.165) is 38.5 Å². The number of amides is 1. The maximum atomic E-state index is 12.0. The second-order valence-electron chi connectivity index (χ2n) is 7.72. The zero-order valence-electron chi connectivity index (χ0n) is 13.9. The van der Waals surface area contributed by atoms with E-state index in [-0.39, 0.29) is 17.4 Å². The van der Waals surface area contributed by atoms with Gasteiger partial charge < -0.3 is 16.0 Å². The van der Waals surface area contributed by atoms with E-state index in [0.29, 0.717) is 6.42 Å². The van der Waals surface area contributed by atoms with Crippen molar-refractivity contribution in [2.24, 2.45) is 17.1 Å². The Morgan fingerprint density at radius 1 is 1.24 bits per heavy atom. The molecule has 0 spiro atoms. The molecule has 1 aliphatic carbocycles. The maximum Gasteiger partial charge on any atom is 0.221 e. The molecule has 1 aliphatic heterocycles. The molecular weight excluding hydrogens is 262 g/mol. The molecular formula is C17H33N3O. The van der Waals surface area contributed by atoms with E-state index in [1.807, 2.05) is 0 Å². The van der Waals surface area contributed by atoms with Crippen molar-refractivity contribution >= 4 is 5.91 Å². The van der Waals surface area contributed by atoms with Gasteiger partial charge in [0.15, 0.2) is 0 Å². The van der Waals surface area contributed by atoms with Crippen LogP contribution < -0.4 is 11.1 Å². The molecule has 0 bridgehead atoms. The fourth-order valence-electron chi connectivity index (χ4n) is 3.67. The number of rotatable bonds is 5. The lowest BCUT2D eigenvalue weighted by Crippen LogP contribution is -2.52. The molecule has 2 fully saturated rings. The predicted octanol–water partition coefficient (Wildman–Crippen LogP) is 2.13. The number of hydrogen-bond donors (Lipinski definition) is 2. The molecule has 122 valence electrons. The van der Waals surface area contributed by atoms with Gasteiger partial charge in [-0.05, 0) is 37.1 Å². The SMILES string of the molecule is CC1(C)CN(CCC(=O)NCC2CCCCC2)CCC1N. The van der Waals surface area contributed by atoms with Crippen LogP contribution in [-0.4, -0.2) is 43.0 Å². The Labute approximate surface area is 129 Å². The molecule has 1 unspecified atom stereocenters. The molecule has 3 N–H and O–H groups in total. The van der Waals surface area contributed by atoms with Gasteiger partial charge >= 0.3 is 0 Å². The van der Waals surface area contributed by atoms with E-state index in [4.69, 9.17) is 5.73 Å². The van der Waals surface area contributed by atoms with E-state index in [1.165, 1.54) is 32.1 Å². The summed E-state index contributed by atoms with van der Waals surface area (Å²) in [6.07, 6.45) is 8.29. The van der Waals surface area contributed by atoms with Crippen LogP contribution in [0.5, 0.6) is 0 Å². The number of carbonyl (C=O) groups excluding carboxylic acids is 1. The lowest BCUT2D eigenvalue weighted by Gasteiger charge is -2.42. The Morgan fingerprint density at radius 2 is 1.95 bits per heavy atom. The molecule has 1 amide bonds. The fraction of sp³-hybridized carbons (Fsp3) is 0.941. The fourth-order valence-corrected chi connectivity index (χ4v) is 3.67. The van der Waals surface area contributed by atoms with E-state index in [9.17, 15) is 4.79 Å². The third-order valence-electron chi connectivity index (χ3n) is 5.36. The van der Waals surface area contributed by atoms with Crippen molar-refractivity contribution in [2.45, 2.75) is 64.8 Å². The first kappa shape index (κ1) is 16.8. The van der Waals surface area contributed by atoms with Crippen LogP contribution in [0.1, 0.15) is 58.8 Å². The van der Waals surface area contributed by atoms with Crippen molar-refractivity contribution in [1.82, 2.24) is 10.2 Å². The number of hydrogen-bond acceptors (Lipinski definition) is 3. The highest BCUT2D eigenvalue weighted by Gasteiger charge is 2.33. The topological polar surface area (TPSA) is 58.4 Å². The Morgan fingerprint density at radius 3 is 2.62 bits per heavy atom. The van der Waals surface area contributed by atoms with Crippen molar-refractivity contribution < 1.29 is 4.79 Å². The smallest absolute Gasteiger partial charge is 0.221 e. The zero-order valence-corrected chi connectivity index (χ0v) is 13.9. The lowest BCUT2D eigenvalue weighted by molar-refractivity contribution is -0.121. The monoisotopic (exact) mass is 295 g/mol. The van der Waals surface area contributed by atoms with Crippen LogP contribution in [0, 0.1) is 11.3 Å². The van der Waals surface area contributed by atoms with Crippen LogP contribution in [0.4, 0.5) is 0 Å². The highest BCUT2D eigenvalue weighted by molar-refractivity contribution is 5.76. The summed E-state index contributed by atoms with van der Waals surface area (Å²) in [5, 5.41) is 3.13. The van der Waals surface area contributed by atoms with Crippen molar-refractivity contribution in [2.75, 3.05) is 26.2 Å². The summed E-state index contributed by atoms with van der Waals surface area (Å²) >= 11 is 0. The number of likely N-dealkylation sites (tertiary alicyclic amines) is 1. The normalized spacial score (nSPS) is 27.5. The van der Waals surface area contributed by atoms with Crippen molar-refractivity contribution in [3.63, 3.8) is 0 Å². The first-order chi connectivity index (χ1) is 9.97. The van der Waals surface area contributed by atoms with Crippen LogP contribution in [0.15, 0.2) is 0 Å². The Balaban J connectivity index is 1.62. The van der Waals surface area contributed by atoms with Gasteiger partial charge in [-0.2, -0.15) is 0 Å². The van der Waals surface area contributed by atoms with Gasteiger partial charge in [-0.3, -0.25) is 4.79 Å². The van der Waals surface area contributed by atoms with Crippen molar-refractivity contribution in [1.29, 1.82) is 0 Å². The van der Waals surface area contributed by atoms with Gasteiger partial charge in [0.05, 0.1) is 0 Å². The highest BCUT2D eigenvalue weighted by Crippen LogP contribution is 2.27. The average Bonchev–Trinajstić information content (AvgIpc) is 2.47. The number of carbonyl (C=O) groups is 1. The third kappa shape index (κ3) is 5.26. The minimum atomic E-state index is 0.164. The number of piperidine rings is 1. The van der Waals surface area contributed by atoms with Gasteiger partial charge in [-0.25, -0.2) is 0 Å². The van der Waals surface area contributed by atoms with E-state index < -0.39 is 0 Å². The van der Waals surface area contributed by atoms with Crippen LogP contribution in [0.25, 0.3) is 0 Å². The molecule has 4 nitrogen and oxygen atoms in total. The summed E-state index contributed by atoms with van der Waals surface area (Å²) in [6.45, 7) is 8.24. The molecule has 4 heteroatoms. The van der Waals surface area contributed by atoms with Gasteiger partial charge in [0.1, 0.15) is 0 Å². The molecule has 1 saturated carbocycles. The van der Waals surface area contributed by atoms with E-state index in [2.05, 4.69) is 24.1 Å². The lowest BCUT2D eigenvalue weighted by atomic mass is 9.79. The van der Waals surface area contributed by atoms with Crippen LogP contribution >= 0.6 is 0 Å². The summed E-state index contributed by atoms with van der Waals surface area (Å²) in [7, 11) is 0. The summed E-state index contributed by atoms with van der Waals surface area (Å²) in [6, 6.07) is 0.286. The van der Waals surface area contributed by atoms with Crippen molar-refractivity contribution in [3.8, 4) is 0 Å². The predicted molar refractivity (Wildman–Crippen MR) is 87.0 cm³/mol. The number of nitrogens with two attached hydrogens (primary N) is 1. The summed E-state index contributed by atoms with van der Waals surface area (Å²) in [4.78, 5) is 14.4. The largest absolute Gasteiger partial charge is 0.356 e. The molecule has 0 aromatic heterocycles. The van der Waals surface area contributed by atoms with Crippen LogP contribution in [0.3, 0.4) is 0 Å². The first-order valence-electron chi connectivity index (χ1n) is 8.72. The van der Waals surface area contributed by atoms with E-state index in [1.54, 1.807) is 0 Å². The Kier molecular flexibility index (Phi) is 6.06. The maximum absolute atomic E-state index is 12.0. The quantitative estimate of drug-likeness (QED) is 0.817.